The van der Waals surface area contributed by atoms with E-state index in [0.29, 0.717) is 29.7 Å². The Hall–Kier alpha value is -3.16. The number of hydrogen-bond donors (Lipinski definition) is 6. The number of nitrogens with one attached hydrogen (secondary N) is 2. The number of benzene rings is 1. The van der Waals surface area contributed by atoms with Crippen LogP contribution in [0.5, 0.6) is 0 Å². The van der Waals surface area contributed by atoms with E-state index in [9.17, 15) is 15.0 Å². The molecule has 0 bridgehead atoms. The second kappa shape index (κ2) is 7.93. The molecule has 3 aromatic rings. The number of nitrogens with two attached hydrogens (primary N) is 2. The fraction of sp³-hybridized carbons (Fsp3) is 0.267. The summed E-state index contributed by atoms with van der Waals surface area (Å²) in [5.41, 5.74) is 8.53. The Labute approximate surface area is 174 Å². The smallest absolute Gasteiger partial charge is 0.273 e. The van der Waals surface area contributed by atoms with Crippen molar-refractivity contribution in [3.8, 4) is 0 Å². The molecule has 0 unspecified atom stereocenters. The molecule has 8 N–H and O–H groups in total. The van der Waals surface area contributed by atoms with Gasteiger partial charge < -0.3 is 32.3 Å². The minimum Gasteiger partial charge on any atom is -0.374 e. The molecule has 0 aliphatic rings. The van der Waals surface area contributed by atoms with Gasteiger partial charge in [0.05, 0.1) is 27.4 Å². The van der Waals surface area contributed by atoms with Gasteiger partial charge in [-0.1, -0.05) is 0 Å². The van der Waals surface area contributed by atoms with Gasteiger partial charge in [-0.2, -0.15) is 10.1 Å². The van der Waals surface area contributed by atoms with Crippen LogP contribution in [0.2, 0.25) is 0 Å². The lowest BCUT2D eigenvalue weighted by Crippen LogP contribution is -2.57. The Kier molecular flexibility index (Phi) is 5.70. The van der Waals surface area contributed by atoms with Gasteiger partial charge in [0.2, 0.25) is 5.95 Å². The fourth-order valence-electron chi connectivity index (χ4n) is 2.54. The molecule has 30 heavy (non-hydrogen) atoms. The SMILES string of the molecule is [B]C(O)(O)C([B])([B])n1ncc2cc(Nc3nc(NCCN)nnc3C(N)=O)ccc21. The molecule has 0 aliphatic heterocycles. The number of anilines is 3. The number of aliphatic hydroxyl groups is 2. The zero-order valence-electron chi connectivity index (χ0n) is 15.6. The summed E-state index contributed by atoms with van der Waals surface area (Å²) in [5.74, 6) is -0.594. The van der Waals surface area contributed by atoms with Gasteiger partial charge in [0.25, 0.3) is 5.91 Å². The van der Waals surface area contributed by atoms with Gasteiger partial charge >= 0.3 is 0 Å². The van der Waals surface area contributed by atoms with Gasteiger partial charge in [-0.15, -0.1) is 10.2 Å². The lowest BCUT2D eigenvalue weighted by Gasteiger charge is -2.38. The van der Waals surface area contributed by atoms with Gasteiger partial charge in [0.15, 0.2) is 19.4 Å². The molecule has 0 atom stereocenters. The van der Waals surface area contributed by atoms with Crippen LogP contribution in [-0.2, 0) is 5.34 Å². The minimum absolute atomic E-state index is 0.0717. The summed E-state index contributed by atoms with van der Waals surface area (Å²) in [6, 6.07) is 4.77. The van der Waals surface area contributed by atoms with Crippen LogP contribution in [0.15, 0.2) is 24.4 Å². The molecule has 0 saturated carbocycles. The number of amides is 1. The Morgan fingerprint density at radius 1 is 1.23 bits per heavy atom. The summed E-state index contributed by atoms with van der Waals surface area (Å²) in [6.45, 7) is 0.750. The topological polar surface area (TPSA) is 190 Å². The molecule has 0 spiro atoms. The van der Waals surface area contributed by atoms with Crippen molar-refractivity contribution in [1.82, 2.24) is 25.0 Å². The zero-order valence-corrected chi connectivity index (χ0v) is 15.6. The highest BCUT2D eigenvalue weighted by Gasteiger charge is 2.38. The van der Waals surface area contributed by atoms with E-state index >= 15 is 0 Å². The number of carbonyl (C=O) groups is 1. The normalized spacial score (nSPS) is 12.1. The first-order valence-corrected chi connectivity index (χ1v) is 8.59. The van der Waals surface area contributed by atoms with Crippen LogP contribution < -0.4 is 22.1 Å². The fourth-order valence-corrected chi connectivity index (χ4v) is 2.54. The quantitative estimate of drug-likeness (QED) is 0.169. The summed E-state index contributed by atoms with van der Waals surface area (Å²) < 4.78 is 0.974. The molecule has 2 aromatic heterocycles. The standard InChI is InChI=1S/C15H16B3N9O3/c16-14(17,15(18,29)30)27-9-2-1-8(5-7(9)6-22-27)23-12-10(11(20)28)25-26-13(24-12)21-4-3-19/h1-2,5-6,29-30H,3-4,19H2,(H2,20,28)(H2,21,23,24,26). The molecule has 0 aliphatic carbocycles. The van der Waals surface area contributed by atoms with Crippen molar-refractivity contribution >= 4 is 57.8 Å². The molecule has 1 aromatic carbocycles. The van der Waals surface area contributed by atoms with E-state index in [1.54, 1.807) is 18.2 Å². The maximum atomic E-state index is 11.7. The van der Waals surface area contributed by atoms with Crippen LogP contribution in [0.1, 0.15) is 10.5 Å². The number of nitrogens with zero attached hydrogens (tertiary/aromatic N) is 5. The first-order valence-electron chi connectivity index (χ1n) is 8.59. The number of primary amides is 1. The van der Waals surface area contributed by atoms with E-state index in [-0.39, 0.29) is 17.5 Å². The summed E-state index contributed by atoms with van der Waals surface area (Å²) in [5, 5.41) is 34.8. The molecule has 15 heteroatoms. The van der Waals surface area contributed by atoms with E-state index in [0.717, 1.165) is 4.68 Å². The molecular weight excluding hydrogens is 387 g/mol. The summed E-state index contributed by atoms with van der Waals surface area (Å²) in [6.07, 6.45) is 1.39. The third-order valence-electron chi connectivity index (χ3n) is 4.12. The minimum atomic E-state index is -2.93. The number of rotatable bonds is 8. The lowest BCUT2D eigenvalue weighted by molar-refractivity contribution is -0.116. The second-order valence-corrected chi connectivity index (χ2v) is 6.42. The van der Waals surface area contributed by atoms with Crippen LogP contribution in [0.4, 0.5) is 17.5 Å². The molecule has 1 amide bonds. The Morgan fingerprint density at radius 2 is 1.97 bits per heavy atom. The van der Waals surface area contributed by atoms with Crippen LogP contribution in [0.3, 0.4) is 0 Å². The Balaban J connectivity index is 1.96. The largest absolute Gasteiger partial charge is 0.374 e. The molecule has 3 rings (SSSR count). The monoisotopic (exact) mass is 403 g/mol. The van der Waals surface area contributed by atoms with Gasteiger partial charge in [0, 0.05) is 29.5 Å². The van der Waals surface area contributed by atoms with Crippen molar-refractivity contribution < 1.29 is 15.0 Å². The van der Waals surface area contributed by atoms with Crippen molar-refractivity contribution in [3.05, 3.63) is 30.1 Å². The predicted octanol–water partition coefficient (Wildman–Crippen LogP) is -2.81. The van der Waals surface area contributed by atoms with Crippen LogP contribution in [-0.4, -0.2) is 83.4 Å². The summed E-state index contributed by atoms with van der Waals surface area (Å²) in [7, 11) is 16.7. The van der Waals surface area contributed by atoms with E-state index in [1.165, 1.54) is 6.20 Å². The molecule has 12 nitrogen and oxygen atoms in total. The Bertz CT molecular complexity index is 1080. The molecule has 0 saturated heterocycles. The third kappa shape index (κ3) is 4.08. The van der Waals surface area contributed by atoms with Crippen molar-refractivity contribution in [1.29, 1.82) is 0 Å². The van der Waals surface area contributed by atoms with Crippen LogP contribution in [0.25, 0.3) is 10.9 Å². The number of carbonyl (C=O) groups excluding carboxylic acids is 1. The van der Waals surface area contributed by atoms with Gasteiger partial charge in [-0.25, -0.2) is 0 Å². The average Bonchev–Trinajstić information content (AvgIpc) is 3.09. The summed E-state index contributed by atoms with van der Waals surface area (Å²) in [4.78, 5) is 15.8. The second-order valence-electron chi connectivity index (χ2n) is 6.42. The van der Waals surface area contributed by atoms with E-state index in [4.69, 9.17) is 35.0 Å². The van der Waals surface area contributed by atoms with E-state index < -0.39 is 16.9 Å². The van der Waals surface area contributed by atoms with Gasteiger partial charge in [-0.05, 0) is 18.2 Å². The first kappa shape index (κ1) is 21.6. The van der Waals surface area contributed by atoms with E-state index in [2.05, 4.69) is 30.9 Å². The zero-order chi connectivity index (χ0) is 22.1. The summed E-state index contributed by atoms with van der Waals surface area (Å²) >= 11 is 0. The molecule has 148 valence electrons. The van der Waals surface area contributed by atoms with Crippen LogP contribution >= 0.6 is 0 Å². The van der Waals surface area contributed by atoms with Crippen molar-refractivity contribution in [2.24, 2.45) is 11.5 Å². The third-order valence-corrected chi connectivity index (χ3v) is 4.12. The highest BCUT2D eigenvalue weighted by Crippen LogP contribution is 2.27. The van der Waals surface area contributed by atoms with Crippen LogP contribution in [0, 0.1) is 0 Å². The maximum absolute atomic E-state index is 11.7. The van der Waals surface area contributed by atoms with Gasteiger partial charge in [-0.3, -0.25) is 9.48 Å². The Morgan fingerprint density at radius 3 is 2.60 bits per heavy atom. The molecule has 0 fully saturated rings. The lowest BCUT2D eigenvalue weighted by atomic mass is 9.52. The number of hydrogen-bond acceptors (Lipinski definition) is 10. The van der Waals surface area contributed by atoms with Gasteiger partial charge in [0.1, 0.15) is 5.69 Å². The number of aromatic nitrogens is 5. The molecular formula is C15H16B3N9O3. The highest BCUT2D eigenvalue weighted by atomic mass is 16.5. The predicted molar refractivity (Wildman–Crippen MR) is 111 cm³/mol. The van der Waals surface area contributed by atoms with E-state index in [1.807, 2.05) is 0 Å². The first-order chi connectivity index (χ1) is 14.0. The average molecular weight is 403 g/mol. The van der Waals surface area contributed by atoms with Crippen molar-refractivity contribution in [3.63, 3.8) is 0 Å². The van der Waals surface area contributed by atoms with Crippen molar-refractivity contribution in [2.45, 2.75) is 11.0 Å². The maximum Gasteiger partial charge on any atom is 0.273 e. The molecule has 6 radical (unpaired) electrons. The highest BCUT2D eigenvalue weighted by molar-refractivity contribution is 6.42. The van der Waals surface area contributed by atoms with Crippen molar-refractivity contribution in [2.75, 3.05) is 23.7 Å². The molecule has 2 heterocycles. The number of fused-ring (bicyclic) bond motifs is 1.